The van der Waals surface area contributed by atoms with E-state index in [1.807, 2.05) is 24.3 Å². The van der Waals surface area contributed by atoms with Gasteiger partial charge in [0, 0.05) is 0 Å². The normalized spacial score (nSPS) is 11.6. The van der Waals surface area contributed by atoms with E-state index in [0.29, 0.717) is 0 Å². The van der Waals surface area contributed by atoms with Crippen LogP contribution in [0.3, 0.4) is 0 Å². The van der Waals surface area contributed by atoms with Crippen LogP contribution in [-0.4, -0.2) is 11.8 Å². The van der Waals surface area contributed by atoms with Gasteiger partial charge in [-0.15, -0.1) is 0 Å². The van der Waals surface area contributed by atoms with Gasteiger partial charge in [0.25, 0.3) is 0 Å². The number of carbonyl (C=O) groups is 2. The zero-order valence-electron chi connectivity index (χ0n) is 13.1. The first-order valence-electron chi connectivity index (χ1n) is 7.46. The summed E-state index contributed by atoms with van der Waals surface area (Å²) in [6, 6.07) is 13.2. The van der Waals surface area contributed by atoms with E-state index >= 15 is 0 Å². The monoisotopic (exact) mass is 314 g/mol. The smallest absolute Gasteiger partial charge is 0.313 e. The lowest BCUT2D eigenvalue weighted by Gasteiger charge is -2.14. The van der Waals surface area contributed by atoms with Crippen LogP contribution < -0.4 is 10.6 Å². The Bertz CT molecular complexity index is 698. The highest BCUT2D eigenvalue weighted by atomic mass is 19.1. The van der Waals surface area contributed by atoms with Crippen LogP contribution in [0.4, 0.5) is 10.1 Å². The SMILES string of the molecule is CCc1ccc(C(C)NC(=O)C(=O)Nc2ccccc2F)cc1. The topological polar surface area (TPSA) is 58.2 Å². The van der Waals surface area contributed by atoms with Crippen LogP contribution in [0.15, 0.2) is 48.5 Å². The Kier molecular flexibility index (Phi) is 5.46. The van der Waals surface area contributed by atoms with Gasteiger partial charge in [-0.2, -0.15) is 0 Å². The lowest BCUT2D eigenvalue weighted by atomic mass is 10.1. The highest BCUT2D eigenvalue weighted by Crippen LogP contribution is 2.15. The van der Waals surface area contributed by atoms with Gasteiger partial charge in [-0.05, 0) is 36.6 Å². The highest BCUT2D eigenvalue weighted by molar-refractivity contribution is 6.39. The Labute approximate surface area is 134 Å². The van der Waals surface area contributed by atoms with Crippen molar-refractivity contribution in [1.82, 2.24) is 5.32 Å². The van der Waals surface area contributed by atoms with Crippen LogP contribution in [0.5, 0.6) is 0 Å². The number of carbonyl (C=O) groups excluding carboxylic acids is 2. The fourth-order valence-electron chi connectivity index (χ4n) is 2.13. The van der Waals surface area contributed by atoms with E-state index < -0.39 is 17.6 Å². The number of halogens is 1. The molecule has 2 aromatic carbocycles. The number of benzene rings is 2. The molecule has 0 heterocycles. The zero-order chi connectivity index (χ0) is 16.8. The molecule has 0 aliphatic rings. The summed E-state index contributed by atoms with van der Waals surface area (Å²) in [7, 11) is 0. The van der Waals surface area contributed by atoms with Crippen molar-refractivity contribution in [2.45, 2.75) is 26.3 Å². The number of hydrogen-bond donors (Lipinski definition) is 2. The first-order valence-corrected chi connectivity index (χ1v) is 7.46. The molecule has 23 heavy (non-hydrogen) atoms. The van der Waals surface area contributed by atoms with Gasteiger partial charge in [0.1, 0.15) is 5.82 Å². The first-order chi connectivity index (χ1) is 11.0. The van der Waals surface area contributed by atoms with Gasteiger partial charge in [0.2, 0.25) is 0 Å². The van der Waals surface area contributed by atoms with E-state index in [9.17, 15) is 14.0 Å². The van der Waals surface area contributed by atoms with Gasteiger partial charge >= 0.3 is 11.8 Å². The molecule has 0 aliphatic carbocycles. The molecule has 0 saturated heterocycles. The Morgan fingerprint density at radius 2 is 1.70 bits per heavy atom. The molecule has 2 aromatic rings. The molecule has 0 radical (unpaired) electrons. The molecule has 2 rings (SSSR count). The van der Waals surface area contributed by atoms with Crippen molar-refractivity contribution in [2.75, 3.05) is 5.32 Å². The number of aryl methyl sites for hydroxylation is 1. The summed E-state index contributed by atoms with van der Waals surface area (Å²) in [4.78, 5) is 23.8. The average molecular weight is 314 g/mol. The van der Waals surface area contributed by atoms with Crippen molar-refractivity contribution >= 4 is 17.5 Å². The molecule has 0 aromatic heterocycles. The van der Waals surface area contributed by atoms with Gasteiger partial charge in [-0.3, -0.25) is 9.59 Å². The summed E-state index contributed by atoms with van der Waals surface area (Å²) in [5, 5.41) is 4.86. The first kappa shape index (κ1) is 16.7. The second-order valence-electron chi connectivity index (χ2n) is 5.22. The molecule has 2 amide bonds. The standard InChI is InChI=1S/C18H19FN2O2/c1-3-13-8-10-14(11-9-13)12(2)20-17(22)18(23)21-16-7-5-4-6-15(16)19/h4-12H,3H2,1-2H3,(H,20,22)(H,21,23). The predicted molar refractivity (Wildman–Crippen MR) is 87.4 cm³/mol. The maximum atomic E-state index is 13.5. The molecule has 0 fully saturated rings. The maximum absolute atomic E-state index is 13.5. The fraction of sp³-hybridized carbons (Fsp3) is 0.222. The molecule has 4 nitrogen and oxygen atoms in total. The second-order valence-corrected chi connectivity index (χ2v) is 5.22. The fourth-order valence-corrected chi connectivity index (χ4v) is 2.13. The lowest BCUT2D eigenvalue weighted by Crippen LogP contribution is -2.37. The average Bonchev–Trinajstić information content (AvgIpc) is 2.56. The summed E-state index contributed by atoms with van der Waals surface area (Å²) in [6.07, 6.45) is 0.937. The summed E-state index contributed by atoms with van der Waals surface area (Å²) in [5.41, 5.74) is 2.08. The summed E-state index contributed by atoms with van der Waals surface area (Å²) in [5.74, 6) is -2.29. The molecule has 0 saturated carbocycles. The van der Waals surface area contributed by atoms with Crippen molar-refractivity contribution in [3.63, 3.8) is 0 Å². The zero-order valence-corrected chi connectivity index (χ0v) is 13.1. The molecular weight excluding hydrogens is 295 g/mol. The lowest BCUT2D eigenvalue weighted by molar-refractivity contribution is -0.136. The molecule has 5 heteroatoms. The summed E-state index contributed by atoms with van der Waals surface area (Å²) >= 11 is 0. The summed E-state index contributed by atoms with van der Waals surface area (Å²) < 4.78 is 13.5. The minimum atomic E-state index is -0.896. The van der Waals surface area contributed by atoms with Crippen LogP contribution in [-0.2, 0) is 16.0 Å². The van der Waals surface area contributed by atoms with E-state index in [4.69, 9.17) is 0 Å². The number of rotatable bonds is 4. The molecule has 120 valence electrons. The van der Waals surface area contributed by atoms with Crippen LogP contribution in [0.2, 0.25) is 0 Å². The van der Waals surface area contributed by atoms with Gasteiger partial charge in [0.05, 0.1) is 11.7 Å². The molecule has 0 bridgehead atoms. The summed E-state index contributed by atoms with van der Waals surface area (Å²) in [6.45, 7) is 3.85. The van der Waals surface area contributed by atoms with Gasteiger partial charge in [0.15, 0.2) is 0 Å². The molecule has 0 aliphatic heterocycles. The van der Waals surface area contributed by atoms with E-state index in [2.05, 4.69) is 17.6 Å². The molecular formula is C18H19FN2O2. The minimum Gasteiger partial charge on any atom is -0.341 e. The van der Waals surface area contributed by atoms with Crippen LogP contribution >= 0.6 is 0 Å². The van der Waals surface area contributed by atoms with E-state index in [0.717, 1.165) is 12.0 Å². The quantitative estimate of drug-likeness (QED) is 0.851. The third-order valence-corrected chi connectivity index (χ3v) is 3.56. The van der Waals surface area contributed by atoms with E-state index in [-0.39, 0.29) is 11.7 Å². The van der Waals surface area contributed by atoms with Crippen molar-refractivity contribution < 1.29 is 14.0 Å². The molecule has 1 unspecified atom stereocenters. The van der Waals surface area contributed by atoms with E-state index in [1.165, 1.54) is 23.8 Å². The van der Waals surface area contributed by atoms with Crippen LogP contribution in [0.25, 0.3) is 0 Å². The minimum absolute atomic E-state index is 0.0207. The molecule has 2 N–H and O–H groups in total. The third kappa shape index (κ3) is 4.39. The van der Waals surface area contributed by atoms with Crippen molar-refractivity contribution in [2.24, 2.45) is 0 Å². The second kappa shape index (κ2) is 7.54. The number of anilines is 1. The number of nitrogens with one attached hydrogen (secondary N) is 2. The number of para-hydroxylation sites is 1. The largest absolute Gasteiger partial charge is 0.341 e. The van der Waals surface area contributed by atoms with Crippen molar-refractivity contribution in [3.05, 3.63) is 65.5 Å². The van der Waals surface area contributed by atoms with Gasteiger partial charge in [-0.25, -0.2) is 4.39 Å². The third-order valence-electron chi connectivity index (χ3n) is 3.56. The van der Waals surface area contributed by atoms with Gasteiger partial charge in [-0.1, -0.05) is 43.3 Å². The Morgan fingerprint density at radius 3 is 2.30 bits per heavy atom. The number of hydrogen-bond acceptors (Lipinski definition) is 2. The van der Waals surface area contributed by atoms with Crippen molar-refractivity contribution in [3.8, 4) is 0 Å². The predicted octanol–water partition coefficient (Wildman–Crippen LogP) is 3.20. The maximum Gasteiger partial charge on any atom is 0.313 e. The molecule has 1 atom stereocenters. The Morgan fingerprint density at radius 1 is 1.04 bits per heavy atom. The van der Waals surface area contributed by atoms with Crippen LogP contribution in [0, 0.1) is 5.82 Å². The van der Waals surface area contributed by atoms with Crippen LogP contribution in [0.1, 0.15) is 31.0 Å². The van der Waals surface area contributed by atoms with Crippen molar-refractivity contribution in [1.29, 1.82) is 0 Å². The Hall–Kier alpha value is -2.69. The highest BCUT2D eigenvalue weighted by Gasteiger charge is 2.18. The van der Waals surface area contributed by atoms with Gasteiger partial charge < -0.3 is 10.6 Å². The number of amides is 2. The van der Waals surface area contributed by atoms with E-state index in [1.54, 1.807) is 13.0 Å². The molecule has 0 spiro atoms. The Balaban J connectivity index is 1.97.